The summed E-state index contributed by atoms with van der Waals surface area (Å²) in [5.41, 5.74) is -1.09. The number of carbonyl (C=O) groups excluding carboxylic acids is 4. The molecule has 0 aromatic rings. The lowest BCUT2D eigenvalue weighted by Crippen LogP contribution is -2.64. The third-order valence-corrected chi connectivity index (χ3v) is 3.43. The average molecular weight is 366 g/mol. The maximum Gasteiger partial charge on any atom is 0.303 e. The molecule has 1 rings (SSSR count). The first-order valence-corrected chi connectivity index (χ1v) is 7.60. The zero-order valence-electron chi connectivity index (χ0n) is 13.7. The number of esters is 3. The topological polar surface area (TPSA) is 117 Å². The van der Waals surface area contributed by atoms with Gasteiger partial charge in [-0.1, -0.05) is 11.6 Å². The Hall–Kier alpha value is -1.87. The minimum absolute atomic E-state index is 0.263. The van der Waals surface area contributed by atoms with E-state index in [1.807, 2.05) is 0 Å². The molecule has 0 saturated carbocycles. The number of hydrogen-bond donors (Lipinski definition) is 1. The monoisotopic (exact) mass is 365 g/mol. The van der Waals surface area contributed by atoms with Crippen LogP contribution in [0.25, 0.3) is 0 Å². The molecule has 9 nitrogen and oxygen atoms in total. The maximum atomic E-state index is 11.4. The first-order valence-electron chi connectivity index (χ1n) is 7.16. The Morgan fingerprint density at radius 2 is 1.50 bits per heavy atom. The molecule has 0 unspecified atom stereocenters. The summed E-state index contributed by atoms with van der Waals surface area (Å²) in [5, 5.41) is 2.50. The molecular weight excluding hydrogens is 346 g/mol. The number of nitrogens with one attached hydrogen (secondary N) is 1. The van der Waals surface area contributed by atoms with Crippen molar-refractivity contribution in [3.63, 3.8) is 0 Å². The molecule has 0 aromatic carbocycles. The normalized spacial score (nSPS) is 29.3. The van der Waals surface area contributed by atoms with Crippen molar-refractivity contribution < 1.29 is 38.1 Å². The molecule has 0 radical (unpaired) electrons. The largest absolute Gasteiger partial charge is 0.463 e. The predicted molar refractivity (Wildman–Crippen MR) is 79.9 cm³/mol. The van der Waals surface area contributed by atoms with E-state index < -0.39 is 53.7 Å². The van der Waals surface area contributed by atoms with Gasteiger partial charge in [-0.3, -0.25) is 19.2 Å². The van der Waals surface area contributed by atoms with E-state index in [1.165, 1.54) is 13.8 Å². The Kier molecular flexibility index (Phi) is 7.43. The van der Waals surface area contributed by atoms with Crippen molar-refractivity contribution in [3.05, 3.63) is 0 Å². The Bertz CT molecular complexity index is 511. The van der Waals surface area contributed by atoms with E-state index in [-0.39, 0.29) is 6.61 Å². The molecule has 1 aliphatic heterocycles. The van der Waals surface area contributed by atoms with Crippen LogP contribution in [0.5, 0.6) is 0 Å². The fourth-order valence-electron chi connectivity index (χ4n) is 2.28. The van der Waals surface area contributed by atoms with Gasteiger partial charge in [0.05, 0.1) is 0 Å². The molecule has 0 aliphatic carbocycles. The van der Waals surface area contributed by atoms with E-state index in [0.29, 0.717) is 0 Å². The highest BCUT2D eigenvalue weighted by atomic mass is 35.5. The second-order valence-electron chi connectivity index (χ2n) is 5.20. The van der Waals surface area contributed by atoms with Gasteiger partial charge in [0.15, 0.2) is 17.8 Å². The van der Waals surface area contributed by atoms with Crippen LogP contribution in [0.15, 0.2) is 0 Å². The molecule has 0 aromatic heterocycles. The van der Waals surface area contributed by atoms with Crippen molar-refractivity contribution in [1.82, 2.24) is 5.32 Å². The zero-order chi connectivity index (χ0) is 18.4. The van der Waals surface area contributed by atoms with Crippen LogP contribution >= 0.6 is 11.6 Å². The summed E-state index contributed by atoms with van der Waals surface area (Å²) in [7, 11) is 0. The average Bonchev–Trinajstić information content (AvgIpc) is 2.42. The predicted octanol–water partition coefficient (Wildman–Crippen LogP) is -0.119. The quantitative estimate of drug-likeness (QED) is 0.407. The van der Waals surface area contributed by atoms with Crippen LogP contribution < -0.4 is 5.32 Å². The number of alkyl halides is 1. The Morgan fingerprint density at radius 3 is 1.96 bits per heavy atom. The summed E-state index contributed by atoms with van der Waals surface area (Å²) < 4.78 is 20.7. The van der Waals surface area contributed by atoms with Crippen molar-refractivity contribution in [2.24, 2.45) is 0 Å². The lowest BCUT2D eigenvalue weighted by atomic mass is 9.97. The number of hydrogen-bond acceptors (Lipinski definition) is 8. The molecule has 24 heavy (non-hydrogen) atoms. The van der Waals surface area contributed by atoms with Crippen LogP contribution in [0.4, 0.5) is 0 Å². The summed E-state index contributed by atoms with van der Waals surface area (Å²) >= 11 is 6.11. The van der Waals surface area contributed by atoms with Crippen molar-refractivity contribution in [2.75, 3.05) is 6.61 Å². The lowest BCUT2D eigenvalue weighted by Gasteiger charge is -2.43. The van der Waals surface area contributed by atoms with Crippen molar-refractivity contribution >= 4 is 35.4 Å². The van der Waals surface area contributed by atoms with E-state index in [4.69, 9.17) is 30.5 Å². The van der Waals surface area contributed by atoms with E-state index >= 15 is 0 Å². The third kappa shape index (κ3) is 5.97. The fraction of sp³-hybridized carbons (Fsp3) is 0.714. The van der Waals surface area contributed by atoms with Crippen LogP contribution in [0.2, 0.25) is 0 Å². The van der Waals surface area contributed by atoms with Crippen molar-refractivity contribution in [2.45, 2.75) is 57.6 Å². The summed E-state index contributed by atoms with van der Waals surface area (Å²) in [6.07, 6.45) is -3.18. The van der Waals surface area contributed by atoms with Gasteiger partial charge >= 0.3 is 17.9 Å². The zero-order valence-corrected chi connectivity index (χ0v) is 14.5. The van der Waals surface area contributed by atoms with Gasteiger partial charge in [0.25, 0.3) is 0 Å². The lowest BCUT2D eigenvalue weighted by molar-refractivity contribution is -0.212. The Balaban J connectivity index is 3.11. The first-order chi connectivity index (χ1) is 11.1. The number of halogens is 1. The van der Waals surface area contributed by atoms with Crippen molar-refractivity contribution in [3.8, 4) is 0 Å². The van der Waals surface area contributed by atoms with Gasteiger partial charge in [-0.2, -0.15) is 0 Å². The second kappa shape index (κ2) is 8.84. The minimum Gasteiger partial charge on any atom is -0.463 e. The first kappa shape index (κ1) is 20.2. The fourth-order valence-corrected chi connectivity index (χ4v) is 2.62. The molecule has 1 heterocycles. The van der Waals surface area contributed by atoms with Crippen LogP contribution in [-0.4, -0.2) is 60.3 Å². The summed E-state index contributed by atoms with van der Waals surface area (Å²) in [5.74, 6) is -2.33. The smallest absolute Gasteiger partial charge is 0.303 e. The number of ether oxygens (including phenoxy) is 4. The van der Waals surface area contributed by atoms with Crippen LogP contribution in [0.3, 0.4) is 0 Å². The molecule has 0 spiro atoms. The molecule has 136 valence electrons. The van der Waals surface area contributed by atoms with Gasteiger partial charge in [-0.25, -0.2) is 0 Å². The molecule has 1 N–H and O–H groups in total. The van der Waals surface area contributed by atoms with E-state index in [0.717, 1.165) is 13.8 Å². The van der Waals surface area contributed by atoms with Crippen LogP contribution in [-0.2, 0) is 38.1 Å². The van der Waals surface area contributed by atoms with Gasteiger partial charge < -0.3 is 24.3 Å². The highest BCUT2D eigenvalue weighted by molar-refractivity contribution is 6.20. The van der Waals surface area contributed by atoms with Gasteiger partial charge in [0.2, 0.25) is 5.91 Å². The summed E-state index contributed by atoms with van der Waals surface area (Å²) in [6, 6.07) is -0.953. The summed E-state index contributed by atoms with van der Waals surface area (Å²) in [6.45, 7) is 4.51. The Labute approximate surface area is 143 Å². The maximum absolute atomic E-state index is 11.4. The molecule has 5 atom stereocenters. The van der Waals surface area contributed by atoms with E-state index in [1.54, 1.807) is 0 Å². The summed E-state index contributed by atoms with van der Waals surface area (Å²) in [4.78, 5) is 45.2. The van der Waals surface area contributed by atoms with Crippen LogP contribution in [0.1, 0.15) is 27.7 Å². The molecule has 1 saturated heterocycles. The van der Waals surface area contributed by atoms with E-state index in [9.17, 15) is 19.2 Å². The highest BCUT2D eigenvalue weighted by Crippen LogP contribution is 2.28. The SMILES string of the molecule is CC(=O)N[C@@H]1[C@@H](OC(C)=O)[C@H](OC(C)=O)[C@H](COC(C)=O)O[C@@H]1Cl. The number of carbonyl (C=O) groups is 4. The van der Waals surface area contributed by atoms with E-state index in [2.05, 4.69) is 5.32 Å². The molecular formula is C14H20ClNO8. The molecule has 1 amide bonds. The Morgan fingerprint density at radius 1 is 0.958 bits per heavy atom. The number of rotatable bonds is 5. The minimum atomic E-state index is -1.11. The molecule has 1 fully saturated rings. The van der Waals surface area contributed by atoms with Crippen molar-refractivity contribution in [1.29, 1.82) is 0 Å². The van der Waals surface area contributed by atoms with Gasteiger partial charge in [0.1, 0.15) is 18.8 Å². The van der Waals surface area contributed by atoms with Crippen LogP contribution in [0, 0.1) is 0 Å². The van der Waals surface area contributed by atoms with Gasteiger partial charge in [-0.05, 0) is 0 Å². The standard InChI is InChI=1S/C14H20ClNO8/c1-6(17)16-11-13(23-9(4)20)12(22-8(3)19)10(24-14(11)15)5-21-7(2)18/h10-14H,5H2,1-4H3,(H,16,17)/t10-,11+,12+,13+,14-/m0/s1. The molecule has 0 bridgehead atoms. The second-order valence-corrected chi connectivity index (χ2v) is 5.63. The highest BCUT2D eigenvalue weighted by Gasteiger charge is 2.50. The molecule has 1 aliphatic rings. The molecule has 10 heteroatoms. The number of amides is 1. The van der Waals surface area contributed by atoms with Gasteiger partial charge in [-0.15, -0.1) is 0 Å². The third-order valence-electron chi connectivity index (χ3n) is 3.06. The van der Waals surface area contributed by atoms with Gasteiger partial charge in [0, 0.05) is 27.7 Å².